The molecule has 0 aromatic carbocycles. The van der Waals surface area contributed by atoms with Crippen LogP contribution >= 0.6 is 15.6 Å². The molecule has 0 radical (unpaired) electrons. The number of esters is 4. The zero-order valence-electron chi connectivity index (χ0n) is 56.9. The van der Waals surface area contributed by atoms with E-state index in [0.29, 0.717) is 25.7 Å². The third-order valence-electron chi connectivity index (χ3n) is 16.0. The molecule has 0 saturated carbocycles. The molecular weight excluding hydrogens is 1160 g/mol. The van der Waals surface area contributed by atoms with Crippen LogP contribution in [0.3, 0.4) is 0 Å². The van der Waals surface area contributed by atoms with Gasteiger partial charge in [0.15, 0.2) is 12.2 Å². The predicted octanol–water partition coefficient (Wildman–Crippen LogP) is 19.7. The first kappa shape index (κ1) is 86.1. The van der Waals surface area contributed by atoms with E-state index in [4.69, 9.17) is 37.0 Å². The molecule has 0 fully saturated rings. The first-order valence-corrected chi connectivity index (χ1v) is 39.1. The van der Waals surface area contributed by atoms with Crippen molar-refractivity contribution in [1.29, 1.82) is 0 Å². The normalized spacial score (nSPS) is 14.1. The quantitative estimate of drug-likeness (QED) is 0.0222. The van der Waals surface area contributed by atoms with Gasteiger partial charge in [0.05, 0.1) is 26.4 Å². The van der Waals surface area contributed by atoms with E-state index < -0.39 is 97.5 Å². The number of hydrogen-bond donors (Lipinski definition) is 3. The Labute approximate surface area is 537 Å². The second kappa shape index (κ2) is 62.5. The van der Waals surface area contributed by atoms with Crippen molar-refractivity contribution in [3.8, 4) is 0 Å². The van der Waals surface area contributed by atoms with E-state index in [2.05, 4.69) is 34.6 Å². The minimum absolute atomic E-state index is 0.106. The van der Waals surface area contributed by atoms with Crippen LogP contribution in [-0.4, -0.2) is 96.7 Å². The summed E-state index contributed by atoms with van der Waals surface area (Å²) in [5.41, 5.74) is 0. The van der Waals surface area contributed by atoms with E-state index >= 15 is 0 Å². The molecule has 0 bridgehead atoms. The predicted molar refractivity (Wildman–Crippen MR) is 354 cm³/mol. The summed E-state index contributed by atoms with van der Waals surface area (Å²) in [4.78, 5) is 72.4. The van der Waals surface area contributed by atoms with Crippen LogP contribution in [0.1, 0.15) is 356 Å². The molecule has 0 rings (SSSR count). The van der Waals surface area contributed by atoms with Crippen molar-refractivity contribution in [2.24, 2.45) is 5.92 Å². The summed E-state index contributed by atoms with van der Waals surface area (Å²) in [5, 5.41) is 10.6. The van der Waals surface area contributed by atoms with Gasteiger partial charge in [0.1, 0.15) is 19.3 Å². The minimum atomic E-state index is -4.95. The molecule has 0 aliphatic carbocycles. The summed E-state index contributed by atoms with van der Waals surface area (Å²) >= 11 is 0. The highest BCUT2D eigenvalue weighted by Gasteiger charge is 2.30. The molecule has 0 aromatic rings. The van der Waals surface area contributed by atoms with Crippen LogP contribution in [0, 0.1) is 5.92 Å². The lowest BCUT2D eigenvalue weighted by molar-refractivity contribution is -0.161. The largest absolute Gasteiger partial charge is 0.472 e. The molecule has 88 heavy (non-hydrogen) atoms. The van der Waals surface area contributed by atoms with Gasteiger partial charge in [-0.3, -0.25) is 37.3 Å². The number of carbonyl (C=O) groups excluding carboxylic acids is 4. The van der Waals surface area contributed by atoms with E-state index in [1.165, 1.54) is 173 Å². The summed E-state index contributed by atoms with van der Waals surface area (Å²) in [6.45, 7) is 7.22. The number of aliphatic hydroxyl groups is 1. The van der Waals surface area contributed by atoms with Crippen molar-refractivity contribution in [1.82, 2.24) is 0 Å². The van der Waals surface area contributed by atoms with E-state index in [1.54, 1.807) is 0 Å². The fourth-order valence-corrected chi connectivity index (χ4v) is 12.0. The van der Waals surface area contributed by atoms with Gasteiger partial charge in [-0.1, -0.05) is 304 Å². The second-order valence-corrected chi connectivity index (χ2v) is 28.3. The highest BCUT2D eigenvalue weighted by molar-refractivity contribution is 7.47. The van der Waals surface area contributed by atoms with E-state index in [9.17, 15) is 43.2 Å². The van der Waals surface area contributed by atoms with Crippen LogP contribution in [0.2, 0.25) is 0 Å². The molecule has 0 aliphatic rings. The Bertz CT molecular complexity index is 1700. The monoisotopic (exact) mass is 1300 g/mol. The van der Waals surface area contributed by atoms with Crippen molar-refractivity contribution in [2.75, 3.05) is 39.6 Å². The first-order valence-electron chi connectivity index (χ1n) is 36.1. The van der Waals surface area contributed by atoms with Crippen molar-refractivity contribution in [3.05, 3.63) is 0 Å². The number of phosphoric ester groups is 2. The van der Waals surface area contributed by atoms with Gasteiger partial charge in [-0.2, -0.15) is 0 Å². The SMILES string of the molecule is CCCCCCCCCCCCCCCCCC(=O)OC[C@H](COP(=O)(O)OC[C@@H](O)COP(=O)(O)OC[C@@H](COC(=O)CCCCCCCCCC)OC(=O)CCCCCCCCCCCC)OC(=O)CCCCCCCCCCCCCCC(C)C. The first-order chi connectivity index (χ1) is 42.5. The summed E-state index contributed by atoms with van der Waals surface area (Å²) < 4.78 is 68.2. The van der Waals surface area contributed by atoms with Gasteiger partial charge >= 0.3 is 39.5 Å². The van der Waals surface area contributed by atoms with Crippen LogP contribution < -0.4 is 0 Å². The van der Waals surface area contributed by atoms with Gasteiger partial charge in [0.2, 0.25) is 0 Å². The Morgan fingerprint density at radius 1 is 0.307 bits per heavy atom. The summed E-state index contributed by atoms with van der Waals surface area (Å²) in [7, 11) is -9.89. The van der Waals surface area contributed by atoms with Crippen LogP contribution in [0.25, 0.3) is 0 Å². The molecule has 0 amide bonds. The summed E-state index contributed by atoms with van der Waals surface area (Å²) in [6, 6.07) is 0. The molecule has 0 saturated heterocycles. The lowest BCUT2D eigenvalue weighted by Crippen LogP contribution is -2.30. The van der Waals surface area contributed by atoms with Crippen LogP contribution in [0.4, 0.5) is 0 Å². The zero-order chi connectivity index (χ0) is 64.9. The maximum Gasteiger partial charge on any atom is 0.472 e. The average molecular weight is 1300 g/mol. The number of phosphoric acid groups is 2. The molecule has 0 heterocycles. The number of hydrogen-bond acceptors (Lipinski definition) is 15. The Balaban J connectivity index is 5.21. The van der Waals surface area contributed by atoms with E-state index in [1.807, 2.05) is 0 Å². The Kier molecular flexibility index (Phi) is 61.1. The van der Waals surface area contributed by atoms with Crippen LogP contribution in [-0.2, 0) is 65.4 Å². The van der Waals surface area contributed by atoms with E-state index in [0.717, 1.165) is 102 Å². The van der Waals surface area contributed by atoms with Crippen molar-refractivity contribution in [2.45, 2.75) is 374 Å². The lowest BCUT2D eigenvalue weighted by Gasteiger charge is -2.21. The molecule has 2 unspecified atom stereocenters. The van der Waals surface area contributed by atoms with E-state index in [-0.39, 0.29) is 25.7 Å². The maximum atomic E-state index is 13.0. The molecular formula is C69H134O17P2. The number of aliphatic hydroxyl groups excluding tert-OH is 1. The van der Waals surface area contributed by atoms with Crippen LogP contribution in [0.5, 0.6) is 0 Å². The molecule has 5 atom stereocenters. The van der Waals surface area contributed by atoms with Gasteiger partial charge in [-0.15, -0.1) is 0 Å². The van der Waals surface area contributed by atoms with Gasteiger partial charge < -0.3 is 33.8 Å². The third-order valence-corrected chi connectivity index (χ3v) is 17.9. The second-order valence-electron chi connectivity index (χ2n) is 25.4. The highest BCUT2D eigenvalue weighted by atomic mass is 31.2. The topological polar surface area (TPSA) is 237 Å². The number of carbonyl (C=O) groups is 4. The number of rotatable bonds is 69. The van der Waals surface area contributed by atoms with Crippen molar-refractivity contribution >= 4 is 39.5 Å². The molecule has 17 nitrogen and oxygen atoms in total. The Morgan fingerprint density at radius 3 is 0.773 bits per heavy atom. The maximum absolute atomic E-state index is 13.0. The van der Waals surface area contributed by atoms with Crippen molar-refractivity contribution in [3.63, 3.8) is 0 Å². The smallest absolute Gasteiger partial charge is 0.462 e. The summed E-state index contributed by atoms with van der Waals surface area (Å²) in [5.74, 6) is -1.35. The average Bonchev–Trinajstić information content (AvgIpc) is 3.65. The number of unbranched alkanes of at least 4 members (excludes halogenated alkanes) is 41. The molecule has 0 aromatic heterocycles. The fraction of sp³-hybridized carbons (Fsp3) is 0.942. The number of ether oxygens (including phenoxy) is 4. The van der Waals surface area contributed by atoms with Crippen LogP contribution in [0.15, 0.2) is 0 Å². The molecule has 522 valence electrons. The van der Waals surface area contributed by atoms with Gasteiger partial charge in [-0.25, -0.2) is 9.13 Å². The van der Waals surface area contributed by atoms with Gasteiger partial charge in [0.25, 0.3) is 0 Å². The Hall–Kier alpha value is -1.94. The standard InChI is InChI=1S/C69H134O17P2/c1-6-9-12-15-18-21-23-24-25-26-30-34-38-43-48-53-67(72)80-59-65(86-69(74)55-50-45-40-35-31-28-27-29-32-36-41-46-51-62(4)5)61-84-88(77,78)82-57-63(70)56-81-87(75,76)83-60-64(58-79-66(71)52-47-42-37-20-17-14-11-8-3)85-68(73)54-49-44-39-33-22-19-16-13-10-7-2/h62-65,70H,6-61H2,1-5H3,(H,75,76)(H,77,78)/t63-,64+,65+/m0/s1. The Morgan fingerprint density at radius 2 is 0.523 bits per heavy atom. The summed E-state index contributed by atoms with van der Waals surface area (Å²) in [6.07, 6.45) is 48.5. The third kappa shape index (κ3) is 62.8. The molecule has 0 aliphatic heterocycles. The molecule has 19 heteroatoms. The van der Waals surface area contributed by atoms with Gasteiger partial charge in [-0.05, 0) is 31.6 Å². The fourth-order valence-electron chi connectivity index (χ4n) is 10.5. The molecule has 3 N–H and O–H groups in total. The molecule has 0 spiro atoms. The lowest BCUT2D eigenvalue weighted by atomic mass is 10.0. The zero-order valence-corrected chi connectivity index (χ0v) is 58.6. The van der Waals surface area contributed by atoms with Crippen molar-refractivity contribution < 1.29 is 80.2 Å². The minimum Gasteiger partial charge on any atom is -0.462 e. The highest BCUT2D eigenvalue weighted by Crippen LogP contribution is 2.45. The van der Waals surface area contributed by atoms with Gasteiger partial charge in [0, 0.05) is 25.7 Å².